The smallest absolute Gasteiger partial charge is 0.356 e. The summed E-state index contributed by atoms with van der Waals surface area (Å²) >= 11 is 0. The number of aromatic carboxylic acids is 1. The minimum absolute atomic E-state index is 0.0184. The maximum atomic E-state index is 13.0. The second-order valence-electron chi connectivity index (χ2n) is 7.25. The third-order valence-corrected chi connectivity index (χ3v) is 6.30. The summed E-state index contributed by atoms with van der Waals surface area (Å²) in [5.41, 5.74) is 0.1000. The molecule has 162 valence electrons. The Balaban J connectivity index is 1.98. The van der Waals surface area contributed by atoms with Gasteiger partial charge in [0, 0.05) is 30.8 Å². The number of carboxylic acids is 1. The quantitative estimate of drug-likeness (QED) is 0.548. The number of amides is 1. The zero-order valence-corrected chi connectivity index (χ0v) is 17.7. The number of nitrogens with zero attached hydrogens (tertiary/aromatic N) is 2. The lowest BCUT2D eigenvalue weighted by molar-refractivity contribution is -0.117. The molecule has 1 aliphatic rings. The summed E-state index contributed by atoms with van der Waals surface area (Å²) in [7, 11) is -2.50. The van der Waals surface area contributed by atoms with E-state index in [1.165, 1.54) is 36.0 Å². The van der Waals surface area contributed by atoms with Gasteiger partial charge in [-0.25, -0.2) is 22.6 Å². The Hall–Kier alpha value is -2.92. The molecule has 11 heteroatoms. The first-order valence-electron chi connectivity index (χ1n) is 9.53. The first kappa shape index (κ1) is 21.8. The molecule has 1 unspecified atom stereocenters. The fourth-order valence-corrected chi connectivity index (χ4v) is 4.12. The number of aryl methyl sites for hydroxylation is 1. The van der Waals surface area contributed by atoms with Crippen LogP contribution in [0.25, 0.3) is 0 Å². The maximum Gasteiger partial charge on any atom is 0.356 e. The molecule has 1 heterocycles. The monoisotopic (exact) mass is 436 g/mol. The summed E-state index contributed by atoms with van der Waals surface area (Å²) in [4.78, 5) is 23.0. The Morgan fingerprint density at radius 2 is 2.03 bits per heavy atom. The van der Waals surface area contributed by atoms with Gasteiger partial charge in [-0.3, -0.25) is 4.79 Å². The summed E-state index contributed by atoms with van der Waals surface area (Å²) in [6, 6.07) is 5.16. The van der Waals surface area contributed by atoms with Crippen molar-refractivity contribution in [1.82, 2.24) is 14.5 Å². The van der Waals surface area contributed by atoms with Gasteiger partial charge in [-0.2, -0.15) is 5.10 Å². The van der Waals surface area contributed by atoms with E-state index in [4.69, 9.17) is 9.84 Å². The van der Waals surface area contributed by atoms with Gasteiger partial charge in [-0.1, -0.05) is 6.92 Å². The van der Waals surface area contributed by atoms with E-state index in [-0.39, 0.29) is 40.1 Å². The van der Waals surface area contributed by atoms with Crippen molar-refractivity contribution in [2.75, 3.05) is 5.32 Å². The molecular formula is C19H24N4O6S. The summed E-state index contributed by atoms with van der Waals surface area (Å²) in [6.07, 6.45) is 2.22. The molecule has 1 amide bonds. The maximum absolute atomic E-state index is 13.0. The fourth-order valence-electron chi connectivity index (χ4n) is 2.64. The van der Waals surface area contributed by atoms with E-state index in [2.05, 4.69) is 15.1 Å². The summed E-state index contributed by atoms with van der Waals surface area (Å²) in [6.45, 7) is 3.58. The number of ether oxygens (including phenoxy) is 1. The minimum Gasteiger partial charge on any atom is -0.476 e. The molecule has 2 aromatic rings. The average molecular weight is 436 g/mol. The fraction of sp³-hybridized carbons (Fsp3) is 0.421. The van der Waals surface area contributed by atoms with Crippen LogP contribution in [-0.4, -0.2) is 41.2 Å². The van der Waals surface area contributed by atoms with Crippen molar-refractivity contribution in [2.45, 2.75) is 44.0 Å². The number of hydrogen-bond acceptors (Lipinski definition) is 6. The Bertz CT molecular complexity index is 1070. The van der Waals surface area contributed by atoms with Crippen LogP contribution in [0.3, 0.4) is 0 Å². The van der Waals surface area contributed by atoms with Crippen molar-refractivity contribution in [2.24, 2.45) is 13.0 Å². The molecular weight excluding hydrogens is 412 g/mol. The standard InChI is InChI=1S/C19H24N4O6S/c1-4-11(2)22-30(27,28)16-9-13(20-18(24)12-5-6-12)7-8-15(16)29-17-10-14(19(25)26)21-23(17)3/h7-12,22H,4-6H2,1-3H3,(H,20,24)(H,25,26). The molecule has 1 aromatic heterocycles. The number of rotatable bonds is 9. The van der Waals surface area contributed by atoms with Crippen LogP contribution in [0.4, 0.5) is 5.69 Å². The molecule has 1 aromatic carbocycles. The molecule has 3 N–H and O–H groups in total. The molecule has 0 saturated heterocycles. The highest BCUT2D eigenvalue weighted by molar-refractivity contribution is 7.89. The van der Waals surface area contributed by atoms with E-state index in [1.807, 2.05) is 6.92 Å². The van der Waals surface area contributed by atoms with Gasteiger partial charge in [-0.05, 0) is 44.4 Å². The van der Waals surface area contributed by atoms with Crippen LogP contribution < -0.4 is 14.8 Å². The number of carbonyl (C=O) groups is 2. The summed E-state index contributed by atoms with van der Waals surface area (Å²) in [5, 5.41) is 15.6. The van der Waals surface area contributed by atoms with Crippen LogP contribution in [0.1, 0.15) is 43.6 Å². The first-order chi connectivity index (χ1) is 14.1. The zero-order chi connectivity index (χ0) is 22.1. The lowest BCUT2D eigenvalue weighted by Crippen LogP contribution is -2.32. The molecule has 0 bridgehead atoms. The Morgan fingerprint density at radius 3 is 2.60 bits per heavy atom. The van der Waals surface area contributed by atoms with Crippen LogP contribution >= 0.6 is 0 Å². The van der Waals surface area contributed by atoms with Gasteiger partial charge in [0.2, 0.25) is 21.8 Å². The number of carboxylic acid groups (broad SMARTS) is 1. The molecule has 1 fully saturated rings. The van der Waals surface area contributed by atoms with Crippen molar-refractivity contribution >= 4 is 27.6 Å². The van der Waals surface area contributed by atoms with Crippen LogP contribution in [0.15, 0.2) is 29.2 Å². The second kappa shape index (κ2) is 8.44. The first-order valence-corrected chi connectivity index (χ1v) is 11.0. The lowest BCUT2D eigenvalue weighted by Gasteiger charge is -2.16. The number of nitrogens with one attached hydrogen (secondary N) is 2. The molecule has 1 saturated carbocycles. The van der Waals surface area contributed by atoms with E-state index >= 15 is 0 Å². The molecule has 0 spiro atoms. The van der Waals surface area contributed by atoms with Gasteiger partial charge in [0.15, 0.2) is 5.69 Å². The highest BCUT2D eigenvalue weighted by atomic mass is 32.2. The summed E-state index contributed by atoms with van der Waals surface area (Å²) < 4.78 is 35.4. The van der Waals surface area contributed by atoms with Crippen molar-refractivity contribution in [3.63, 3.8) is 0 Å². The highest BCUT2D eigenvalue weighted by Gasteiger charge is 2.30. The van der Waals surface area contributed by atoms with Gasteiger partial charge in [-0.15, -0.1) is 0 Å². The lowest BCUT2D eigenvalue weighted by atomic mass is 10.3. The van der Waals surface area contributed by atoms with Crippen LogP contribution in [-0.2, 0) is 21.9 Å². The third-order valence-electron chi connectivity index (χ3n) is 4.69. The predicted octanol–water partition coefficient (Wildman–Crippen LogP) is 2.34. The highest BCUT2D eigenvalue weighted by Crippen LogP contribution is 2.34. The summed E-state index contributed by atoms with van der Waals surface area (Å²) in [5.74, 6) is -1.38. The number of aromatic nitrogens is 2. The van der Waals surface area contributed by atoms with Gasteiger partial charge in [0.05, 0.1) is 0 Å². The van der Waals surface area contributed by atoms with E-state index in [0.29, 0.717) is 12.1 Å². The second-order valence-corrected chi connectivity index (χ2v) is 8.94. The molecule has 1 atom stereocenters. The number of anilines is 1. The molecule has 10 nitrogen and oxygen atoms in total. The van der Waals surface area contributed by atoms with Crippen LogP contribution in [0.2, 0.25) is 0 Å². The van der Waals surface area contributed by atoms with Crippen molar-refractivity contribution < 1.29 is 27.9 Å². The van der Waals surface area contributed by atoms with E-state index in [0.717, 1.165) is 12.8 Å². The third kappa shape index (κ3) is 4.97. The van der Waals surface area contributed by atoms with Gasteiger partial charge < -0.3 is 15.2 Å². The van der Waals surface area contributed by atoms with Gasteiger partial charge >= 0.3 is 5.97 Å². The normalized spacial score (nSPS) is 14.9. The van der Waals surface area contributed by atoms with E-state index in [1.54, 1.807) is 6.92 Å². The molecule has 30 heavy (non-hydrogen) atoms. The average Bonchev–Trinajstić information content (AvgIpc) is 3.46. The molecule has 1 aliphatic carbocycles. The largest absolute Gasteiger partial charge is 0.476 e. The minimum atomic E-state index is -3.98. The SMILES string of the molecule is CCC(C)NS(=O)(=O)c1cc(NC(=O)C2CC2)ccc1Oc1cc(C(=O)O)nn1C. The predicted molar refractivity (Wildman–Crippen MR) is 108 cm³/mol. The van der Waals surface area contributed by atoms with Crippen molar-refractivity contribution in [3.8, 4) is 11.6 Å². The molecule has 0 radical (unpaired) electrons. The zero-order valence-electron chi connectivity index (χ0n) is 16.9. The number of carbonyl (C=O) groups excluding carboxylic acids is 1. The molecule has 3 rings (SSSR count). The van der Waals surface area contributed by atoms with E-state index in [9.17, 15) is 18.0 Å². The van der Waals surface area contributed by atoms with Crippen molar-refractivity contribution in [3.05, 3.63) is 30.0 Å². The molecule has 0 aliphatic heterocycles. The Labute approximate surface area is 174 Å². The number of hydrogen-bond donors (Lipinski definition) is 3. The number of benzene rings is 1. The van der Waals surface area contributed by atoms with Gasteiger partial charge in [0.1, 0.15) is 10.6 Å². The Kier molecular flexibility index (Phi) is 6.13. The van der Waals surface area contributed by atoms with Crippen LogP contribution in [0, 0.1) is 5.92 Å². The van der Waals surface area contributed by atoms with Gasteiger partial charge in [0.25, 0.3) is 0 Å². The number of sulfonamides is 1. The van der Waals surface area contributed by atoms with E-state index < -0.39 is 16.0 Å². The van der Waals surface area contributed by atoms with Crippen LogP contribution in [0.5, 0.6) is 11.6 Å². The topological polar surface area (TPSA) is 140 Å². The Morgan fingerprint density at radius 1 is 1.33 bits per heavy atom. The van der Waals surface area contributed by atoms with Crippen molar-refractivity contribution in [1.29, 1.82) is 0 Å².